The molecule has 1 amide bonds. The van der Waals surface area contributed by atoms with Crippen LogP contribution in [0.15, 0.2) is 47.4 Å². The molecule has 3 rings (SSSR count). The van der Waals surface area contributed by atoms with Crippen molar-refractivity contribution in [3.63, 3.8) is 0 Å². The van der Waals surface area contributed by atoms with Crippen molar-refractivity contribution in [2.45, 2.75) is 23.8 Å². The summed E-state index contributed by atoms with van der Waals surface area (Å²) in [4.78, 5) is 12.1. The molecule has 1 aliphatic rings. The third-order valence-corrected chi connectivity index (χ3v) is 5.92. The van der Waals surface area contributed by atoms with Crippen LogP contribution in [0.3, 0.4) is 0 Å². The Kier molecular flexibility index (Phi) is 6.43. The first-order valence-electron chi connectivity index (χ1n) is 8.78. The van der Waals surface area contributed by atoms with Gasteiger partial charge in [0.1, 0.15) is 11.9 Å². The monoisotopic (exact) mass is 424 g/mol. The van der Waals surface area contributed by atoms with Crippen LogP contribution in [0.25, 0.3) is 0 Å². The smallest absolute Gasteiger partial charge is 0.261 e. The normalized spacial score (nSPS) is 15.1. The number of ether oxygens (including phenoxy) is 2. The Hall–Kier alpha value is -2.29. The summed E-state index contributed by atoms with van der Waals surface area (Å²) in [5.41, 5.74) is 0.282. The molecule has 0 atom stereocenters. The van der Waals surface area contributed by atoms with Gasteiger partial charge in [-0.2, -0.15) is 0 Å². The highest BCUT2D eigenvalue weighted by atomic mass is 35.5. The van der Waals surface area contributed by atoms with Crippen molar-refractivity contribution in [1.29, 1.82) is 0 Å². The van der Waals surface area contributed by atoms with E-state index in [4.69, 9.17) is 21.1 Å². The molecule has 1 heterocycles. The number of hydrogen-bond acceptors (Lipinski definition) is 5. The van der Waals surface area contributed by atoms with Crippen molar-refractivity contribution in [2.24, 2.45) is 0 Å². The van der Waals surface area contributed by atoms with Crippen molar-refractivity contribution >= 4 is 33.2 Å². The SMILES string of the molecule is CNC(=O)c1cc(Cl)ccc1NS(=O)(=O)c1ccc(OC2CCOCC2)cc1. The number of amides is 1. The number of sulfonamides is 1. The number of rotatable bonds is 6. The second-order valence-electron chi connectivity index (χ2n) is 6.28. The Morgan fingerprint density at radius 3 is 2.46 bits per heavy atom. The van der Waals surface area contributed by atoms with E-state index < -0.39 is 15.9 Å². The van der Waals surface area contributed by atoms with Crippen molar-refractivity contribution < 1.29 is 22.7 Å². The van der Waals surface area contributed by atoms with E-state index in [9.17, 15) is 13.2 Å². The fourth-order valence-corrected chi connectivity index (χ4v) is 4.07. The maximum absolute atomic E-state index is 12.7. The minimum Gasteiger partial charge on any atom is -0.490 e. The minimum absolute atomic E-state index is 0.0598. The van der Waals surface area contributed by atoms with Crippen LogP contribution in [0.5, 0.6) is 5.75 Å². The molecule has 0 radical (unpaired) electrons. The molecular formula is C19H21ClN2O5S. The van der Waals surface area contributed by atoms with E-state index in [0.29, 0.717) is 24.0 Å². The number of halogens is 1. The standard InChI is InChI=1S/C19H21ClN2O5S/c1-21-19(23)17-12-13(20)2-7-18(17)22-28(24,25)16-5-3-14(4-6-16)27-15-8-10-26-11-9-15/h2-7,12,15,22H,8-11H2,1H3,(H,21,23). The number of hydrogen-bond donors (Lipinski definition) is 2. The maximum Gasteiger partial charge on any atom is 0.261 e. The van der Waals surface area contributed by atoms with Crippen LogP contribution in [0.2, 0.25) is 5.02 Å². The fraction of sp³-hybridized carbons (Fsp3) is 0.316. The topological polar surface area (TPSA) is 93.7 Å². The third kappa shape index (κ3) is 4.95. The summed E-state index contributed by atoms with van der Waals surface area (Å²) in [6.07, 6.45) is 1.68. The van der Waals surface area contributed by atoms with Gasteiger partial charge in [0.25, 0.3) is 15.9 Å². The van der Waals surface area contributed by atoms with Gasteiger partial charge >= 0.3 is 0 Å². The molecule has 0 unspecified atom stereocenters. The molecule has 1 saturated heterocycles. The lowest BCUT2D eigenvalue weighted by Crippen LogP contribution is -2.25. The minimum atomic E-state index is -3.89. The molecule has 0 spiro atoms. The van der Waals surface area contributed by atoms with Crippen molar-refractivity contribution in [2.75, 3.05) is 25.0 Å². The Bertz CT molecular complexity index is 941. The molecule has 2 aromatic carbocycles. The average molecular weight is 425 g/mol. The highest BCUT2D eigenvalue weighted by molar-refractivity contribution is 7.92. The molecule has 1 aliphatic heterocycles. The quantitative estimate of drug-likeness (QED) is 0.743. The number of anilines is 1. The summed E-state index contributed by atoms with van der Waals surface area (Å²) in [7, 11) is -2.43. The second-order valence-corrected chi connectivity index (χ2v) is 8.39. The first-order chi connectivity index (χ1) is 13.4. The van der Waals surface area contributed by atoms with E-state index >= 15 is 0 Å². The van der Waals surface area contributed by atoms with E-state index in [2.05, 4.69) is 10.0 Å². The summed E-state index contributed by atoms with van der Waals surface area (Å²) >= 11 is 5.92. The highest BCUT2D eigenvalue weighted by Gasteiger charge is 2.20. The lowest BCUT2D eigenvalue weighted by Gasteiger charge is -2.23. The molecule has 2 aromatic rings. The van der Waals surface area contributed by atoms with Crippen LogP contribution in [-0.4, -0.2) is 40.7 Å². The predicted octanol–water partition coefficient (Wildman–Crippen LogP) is 3.06. The van der Waals surface area contributed by atoms with Gasteiger partial charge in [0, 0.05) is 24.9 Å². The van der Waals surface area contributed by atoms with Gasteiger partial charge in [-0.05, 0) is 42.5 Å². The molecule has 7 nitrogen and oxygen atoms in total. The zero-order valence-electron chi connectivity index (χ0n) is 15.3. The molecule has 9 heteroatoms. The predicted molar refractivity (Wildman–Crippen MR) is 107 cm³/mol. The van der Waals surface area contributed by atoms with E-state index in [1.807, 2.05) is 0 Å². The van der Waals surface area contributed by atoms with Crippen LogP contribution < -0.4 is 14.8 Å². The molecule has 2 N–H and O–H groups in total. The van der Waals surface area contributed by atoms with Gasteiger partial charge in [-0.3, -0.25) is 9.52 Å². The Balaban J connectivity index is 1.77. The average Bonchev–Trinajstić information content (AvgIpc) is 2.70. The molecule has 1 fully saturated rings. The van der Waals surface area contributed by atoms with Crippen LogP contribution in [0.4, 0.5) is 5.69 Å². The van der Waals surface area contributed by atoms with E-state index in [0.717, 1.165) is 12.8 Å². The van der Waals surface area contributed by atoms with Crippen LogP contribution in [0.1, 0.15) is 23.2 Å². The van der Waals surface area contributed by atoms with Gasteiger partial charge in [0.05, 0.1) is 29.4 Å². The van der Waals surface area contributed by atoms with Crippen molar-refractivity contribution in [3.05, 3.63) is 53.1 Å². The van der Waals surface area contributed by atoms with Crippen molar-refractivity contribution in [1.82, 2.24) is 5.32 Å². The number of benzene rings is 2. The van der Waals surface area contributed by atoms with Crippen LogP contribution in [-0.2, 0) is 14.8 Å². The zero-order chi connectivity index (χ0) is 20.1. The second kappa shape index (κ2) is 8.81. The molecule has 0 aromatic heterocycles. The van der Waals surface area contributed by atoms with Gasteiger partial charge < -0.3 is 14.8 Å². The summed E-state index contributed by atoms with van der Waals surface area (Å²) < 4.78 is 39.0. The first-order valence-corrected chi connectivity index (χ1v) is 10.6. The van der Waals surface area contributed by atoms with E-state index in [1.165, 1.54) is 37.4 Å². The van der Waals surface area contributed by atoms with E-state index in [-0.39, 0.29) is 22.3 Å². The highest BCUT2D eigenvalue weighted by Crippen LogP contribution is 2.25. The zero-order valence-corrected chi connectivity index (χ0v) is 16.8. The van der Waals surface area contributed by atoms with Gasteiger partial charge in [0.15, 0.2) is 0 Å². The molecule has 0 bridgehead atoms. The molecule has 150 valence electrons. The fourth-order valence-electron chi connectivity index (χ4n) is 2.82. The lowest BCUT2D eigenvalue weighted by molar-refractivity contribution is 0.0255. The molecule has 0 saturated carbocycles. The number of carbonyl (C=O) groups is 1. The number of carbonyl (C=O) groups excluding carboxylic acids is 1. The summed E-state index contributed by atoms with van der Waals surface area (Å²) in [6, 6.07) is 10.5. The Morgan fingerprint density at radius 1 is 1.14 bits per heavy atom. The van der Waals surface area contributed by atoms with Crippen LogP contribution >= 0.6 is 11.6 Å². The van der Waals surface area contributed by atoms with Gasteiger partial charge in [-0.15, -0.1) is 0 Å². The number of nitrogens with one attached hydrogen (secondary N) is 2. The Morgan fingerprint density at radius 2 is 1.82 bits per heavy atom. The van der Waals surface area contributed by atoms with Gasteiger partial charge in [-0.1, -0.05) is 11.6 Å². The van der Waals surface area contributed by atoms with E-state index in [1.54, 1.807) is 12.1 Å². The Labute approximate surface area is 169 Å². The molecule has 0 aliphatic carbocycles. The third-order valence-electron chi connectivity index (χ3n) is 4.30. The molecular weight excluding hydrogens is 404 g/mol. The molecule has 28 heavy (non-hydrogen) atoms. The lowest BCUT2D eigenvalue weighted by atomic mass is 10.1. The summed E-state index contributed by atoms with van der Waals surface area (Å²) in [5.74, 6) is 0.156. The summed E-state index contributed by atoms with van der Waals surface area (Å²) in [6.45, 7) is 1.33. The maximum atomic E-state index is 12.7. The van der Waals surface area contributed by atoms with Gasteiger partial charge in [-0.25, -0.2) is 8.42 Å². The van der Waals surface area contributed by atoms with Crippen molar-refractivity contribution in [3.8, 4) is 5.75 Å². The van der Waals surface area contributed by atoms with Gasteiger partial charge in [0.2, 0.25) is 0 Å². The largest absolute Gasteiger partial charge is 0.490 e. The summed E-state index contributed by atoms with van der Waals surface area (Å²) in [5, 5.41) is 2.79. The van der Waals surface area contributed by atoms with Crippen LogP contribution in [0, 0.1) is 0 Å². The first kappa shape index (κ1) is 20.4.